The molecule has 9 nitrogen and oxygen atoms in total. The van der Waals surface area contributed by atoms with E-state index in [-0.39, 0.29) is 6.61 Å². The van der Waals surface area contributed by atoms with Gasteiger partial charge in [-0.1, -0.05) is 12.1 Å². The molecule has 1 aromatic carbocycles. The molecule has 5 N–H and O–H groups in total. The van der Waals surface area contributed by atoms with Crippen LogP contribution in [0.1, 0.15) is 18.4 Å². The SMILES string of the molecule is C1CCOC1.CNCC(O)COc1cccc(-c2nc(N)c(C)c(N3CCNCC3)n2)c1. The van der Waals surface area contributed by atoms with Crippen LogP contribution >= 0.6 is 0 Å². The van der Waals surface area contributed by atoms with Gasteiger partial charge in [-0.05, 0) is 38.9 Å². The Kier molecular flexibility index (Phi) is 9.48. The lowest BCUT2D eigenvalue weighted by atomic mass is 10.2. The van der Waals surface area contributed by atoms with E-state index in [2.05, 4.69) is 20.5 Å². The van der Waals surface area contributed by atoms with Crippen molar-refractivity contribution in [2.24, 2.45) is 0 Å². The predicted molar refractivity (Wildman–Crippen MR) is 127 cm³/mol. The first-order chi connectivity index (χ1) is 15.6. The Labute approximate surface area is 190 Å². The molecule has 9 heteroatoms. The lowest BCUT2D eigenvalue weighted by molar-refractivity contribution is 0.108. The number of rotatable bonds is 7. The molecule has 2 aliphatic heterocycles. The largest absolute Gasteiger partial charge is 0.491 e. The summed E-state index contributed by atoms with van der Waals surface area (Å²) in [5.74, 6) is 2.61. The quantitative estimate of drug-likeness (QED) is 0.500. The smallest absolute Gasteiger partial charge is 0.164 e. The van der Waals surface area contributed by atoms with Gasteiger partial charge in [0.15, 0.2) is 5.82 Å². The van der Waals surface area contributed by atoms with E-state index in [1.54, 1.807) is 7.05 Å². The molecule has 4 rings (SSSR count). The van der Waals surface area contributed by atoms with Crippen molar-refractivity contribution in [3.8, 4) is 17.1 Å². The Morgan fingerprint density at radius 2 is 2.00 bits per heavy atom. The van der Waals surface area contributed by atoms with E-state index in [1.165, 1.54) is 12.8 Å². The average molecular weight is 445 g/mol. The molecule has 2 aliphatic rings. The number of nitrogens with two attached hydrogens (primary N) is 1. The van der Waals surface area contributed by atoms with Crippen molar-refractivity contribution in [3.63, 3.8) is 0 Å². The zero-order valence-electron chi connectivity index (χ0n) is 19.1. The Morgan fingerprint density at radius 3 is 2.66 bits per heavy atom. The standard InChI is InChI=1S/C19H28N6O2.C4H8O/c1-13-17(20)23-18(24-19(13)25-8-6-22-7-9-25)14-4-3-5-16(10-14)27-12-15(26)11-21-2;1-2-4-5-3-1/h3-5,10,15,21-22,26H,6-9,11-12H2,1-2H3,(H2,20,23,24);1-4H2. The van der Waals surface area contributed by atoms with Crippen LogP contribution < -0.4 is 26.0 Å². The molecule has 0 spiro atoms. The number of hydrogen-bond acceptors (Lipinski definition) is 9. The summed E-state index contributed by atoms with van der Waals surface area (Å²) >= 11 is 0. The number of aliphatic hydroxyl groups excluding tert-OH is 1. The molecule has 1 atom stereocenters. The highest BCUT2D eigenvalue weighted by Gasteiger charge is 2.18. The van der Waals surface area contributed by atoms with Crippen molar-refractivity contribution < 1.29 is 14.6 Å². The maximum Gasteiger partial charge on any atom is 0.164 e. The summed E-state index contributed by atoms with van der Waals surface area (Å²) in [5.41, 5.74) is 7.91. The van der Waals surface area contributed by atoms with Gasteiger partial charge in [0.1, 0.15) is 30.1 Å². The van der Waals surface area contributed by atoms with Gasteiger partial charge in [0, 0.05) is 57.1 Å². The Bertz CT molecular complexity index is 833. The number of likely N-dealkylation sites (N-methyl/N-ethyl adjacent to an activating group) is 1. The second-order valence-electron chi connectivity index (χ2n) is 7.99. The van der Waals surface area contributed by atoms with Crippen LogP contribution in [-0.4, -0.2) is 80.8 Å². The van der Waals surface area contributed by atoms with Crippen molar-refractivity contribution >= 4 is 11.6 Å². The third-order valence-electron chi connectivity index (χ3n) is 5.38. The zero-order chi connectivity index (χ0) is 22.8. The number of anilines is 2. The van der Waals surface area contributed by atoms with E-state index in [0.717, 1.165) is 56.3 Å². The Hall–Kier alpha value is -2.46. The number of nitrogen functional groups attached to an aromatic ring is 1. The first-order valence-corrected chi connectivity index (χ1v) is 11.3. The number of hydrogen-bond donors (Lipinski definition) is 4. The lowest BCUT2D eigenvalue weighted by Gasteiger charge is -2.30. The van der Waals surface area contributed by atoms with Gasteiger partial charge >= 0.3 is 0 Å². The second-order valence-corrected chi connectivity index (χ2v) is 7.99. The molecule has 1 aromatic heterocycles. The van der Waals surface area contributed by atoms with Crippen molar-refractivity contribution in [2.75, 3.05) is 70.2 Å². The van der Waals surface area contributed by atoms with Crippen molar-refractivity contribution in [1.29, 1.82) is 0 Å². The zero-order valence-corrected chi connectivity index (χ0v) is 19.1. The van der Waals surface area contributed by atoms with Crippen LogP contribution in [0.4, 0.5) is 11.6 Å². The second kappa shape index (κ2) is 12.5. The number of nitrogens with zero attached hydrogens (tertiary/aromatic N) is 3. The summed E-state index contributed by atoms with van der Waals surface area (Å²) in [4.78, 5) is 11.5. The van der Waals surface area contributed by atoms with Gasteiger partial charge in [0.05, 0.1) is 0 Å². The fourth-order valence-corrected chi connectivity index (χ4v) is 3.56. The number of benzene rings is 1. The number of nitrogens with one attached hydrogen (secondary N) is 2. The maximum atomic E-state index is 9.81. The summed E-state index contributed by atoms with van der Waals surface area (Å²) in [6.07, 6.45) is 1.99. The van der Waals surface area contributed by atoms with Crippen LogP contribution in [0.2, 0.25) is 0 Å². The first-order valence-electron chi connectivity index (χ1n) is 11.3. The summed E-state index contributed by atoms with van der Waals surface area (Å²) in [7, 11) is 1.79. The van der Waals surface area contributed by atoms with Crippen LogP contribution in [0.15, 0.2) is 24.3 Å². The average Bonchev–Trinajstić information content (AvgIpc) is 3.41. The molecule has 1 unspecified atom stereocenters. The molecule has 3 heterocycles. The normalized spacial score (nSPS) is 16.9. The molecule has 0 aliphatic carbocycles. The molecule has 2 fully saturated rings. The monoisotopic (exact) mass is 444 g/mol. The molecule has 0 radical (unpaired) electrons. The highest BCUT2D eigenvalue weighted by Crippen LogP contribution is 2.28. The molecule has 2 saturated heterocycles. The first kappa shape index (κ1) is 24.2. The van der Waals surface area contributed by atoms with Crippen molar-refractivity contribution in [3.05, 3.63) is 29.8 Å². The predicted octanol–water partition coefficient (Wildman–Crippen LogP) is 1.20. The van der Waals surface area contributed by atoms with Gasteiger partial charge in [-0.3, -0.25) is 0 Å². The van der Waals surface area contributed by atoms with Crippen molar-refractivity contribution in [2.45, 2.75) is 25.9 Å². The van der Waals surface area contributed by atoms with Crippen LogP contribution in [0.25, 0.3) is 11.4 Å². The molecule has 2 aromatic rings. The number of piperazine rings is 1. The molecular formula is C23H36N6O3. The van der Waals surface area contributed by atoms with E-state index in [9.17, 15) is 5.11 Å². The highest BCUT2D eigenvalue weighted by molar-refractivity contribution is 5.66. The summed E-state index contributed by atoms with van der Waals surface area (Å²) in [6.45, 7) is 8.29. The molecule has 32 heavy (non-hydrogen) atoms. The number of aliphatic hydroxyl groups is 1. The third-order valence-corrected chi connectivity index (χ3v) is 5.38. The van der Waals surface area contributed by atoms with Crippen LogP contribution in [0.3, 0.4) is 0 Å². The van der Waals surface area contributed by atoms with Gasteiger partial charge in [-0.25, -0.2) is 9.97 Å². The topological polar surface area (TPSA) is 118 Å². The third kappa shape index (κ3) is 7.03. The van der Waals surface area contributed by atoms with Gasteiger partial charge in [0.25, 0.3) is 0 Å². The molecule has 176 valence electrons. The summed E-state index contributed by atoms with van der Waals surface area (Å²) < 4.78 is 10.6. The van der Waals surface area contributed by atoms with E-state index in [0.29, 0.717) is 23.9 Å². The van der Waals surface area contributed by atoms with E-state index >= 15 is 0 Å². The Morgan fingerprint density at radius 1 is 1.25 bits per heavy atom. The van der Waals surface area contributed by atoms with Crippen LogP contribution in [-0.2, 0) is 4.74 Å². The lowest BCUT2D eigenvalue weighted by Crippen LogP contribution is -2.44. The molecule has 0 bridgehead atoms. The van der Waals surface area contributed by atoms with Gasteiger partial charge < -0.3 is 35.8 Å². The van der Waals surface area contributed by atoms with Crippen molar-refractivity contribution in [1.82, 2.24) is 20.6 Å². The van der Waals surface area contributed by atoms with E-state index in [1.807, 2.05) is 31.2 Å². The van der Waals surface area contributed by atoms with Crippen LogP contribution in [0.5, 0.6) is 5.75 Å². The summed E-state index contributed by atoms with van der Waals surface area (Å²) in [6, 6.07) is 7.55. The fourth-order valence-electron chi connectivity index (χ4n) is 3.56. The van der Waals surface area contributed by atoms with E-state index < -0.39 is 6.10 Å². The van der Waals surface area contributed by atoms with Gasteiger partial charge in [-0.2, -0.15) is 0 Å². The number of ether oxygens (including phenoxy) is 2. The van der Waals surface area contributed by atoms with Crippen LogP contribution in [0, 0.1) is 6.92 Å². The summed E-state index contributed by atoms with van der Waals surface area (Å²) in [5, 5.41) is 16.1. The highest BCUT2D eigenvalue weighted by atomic mass is 16.5. The minimum absolute atomic E-state index is 0.215. The molecule has 0 amide bonds. The molecule has 0 saturated carbocycles. The molecular weight excluding hydrogens is 408 g/mol. The minimum Gasteiger partial charge on any atom is -0.491 e. The van der Waals surface area contributed by atoms with Gasteiger partial charge in [0.2, 0.25) is 0 Å². The maximum absolute atomic E-state index is 9.81. The number of aromatic nitrogens is 2. The minimum atomic E-state index is -0.566. The van der Waals surface area contributed by atoms with E-state index in [4.69, 9.17) is 20.2 Å². The van der Waals surface area contributed by atoms with Gasteiger partial charge in [-0.15, -0.1) is 0 Å². The Balaban J connectivity index is 0.000000509. The fraction of sp³-hybridized carbons (Fsp3) is 0.565.